The fourth-order valence-electron chi connectivity index (χ4n) is 21.5. The van der Waals surface area contributed by atoms with Crippen molar-refractivity contribution in [2.24, 2.45) is 0 Å². The Kier molecular flexibility index (Phi) is 20.6. The van der Waals surface area contributed by atoms with Crippen LogP contribution >= 0.6 is 0 Å². The van der Waals surface area contributed by atoms with Crippen LogP contribution in [0.4, 0.5) is 0 Å². The molecule has 0 fully saturated rings. The first-order valence-corrected chi connectivity index (χ1v) is 50.1. The van der Waals surface area contributed by atoms with Crippen molar-refractivity contribution in [3.8, 4) is 198 Å². The molecule has 29 rings (SSSR count). The van der Waals surface area contributed by atoms with Gasteiger partial charge in [-0.1, -0.05) is 346 Å². The van der Waals surface area contributed by atoms with Crippen LogP contribution in [0.25, 0.3) is 296 Å². The van der Waals surface area contributed by atoms with E-state index in [-0.39, 0.29) is 0 Å². The van der Waals surface area contributed by atoms with Gasteiger partial charge in [0.25, 0.3) is 0 Å². The van der Waals surface area contributed by atoms with Crippen molar-refractivity contribution in [3.63, 3.8) is 0 Å². The molecule has 9 aromatic heterocycles. The Morgan fingerprint density at radius 3 is 0.953 bits per heavy atom. The van der Waals surface area contributed by atoms with Crippen LogP contribution in [0.3, 0.4) is 0 Å². The van der Waals surface area contributed by atoms with Crippen molar-refractivity contribution < 1.29 is 13.3 Å². The lowest BCUT2D eigenvalue weighted by molar-refractivity contribution is 0.619. The molecule has 15 nitrogen and oxygen atoms in total. The van der Waals surface area contributed by atoms with Gasteiger partial charge in [-0.3, -0.25) is 0 Å². The lowest BCUT2D eigenvalue weighted by Gasteiger charge is -2.14. The zero-order chi connectivity index (χ0) is 98.8. The van der Waals surface area contributed by atoms with Crippen molar-refractivity contribution >= 4 is 98.7 Å². The van der Waals surface area contributed by atoms with Crippen LogP contribution < -0.4 is 0 Å². The minimum absolute atomic E-state index is 0.509. The van der Waals surface area contributed by atoms with Crippen LogP contribution in [-0.4, -0.2) is 58.6 Å². The van der Waals surface area contributed by atoms with Gasteiger partial charge in [0.1, 0.15) is 16.6 Å². The number of nitrogens with zero attached hydrogens (tertiary/aromatic N) is 12. The van der Waals surface area contributed by atoms with Gasteiger partial charge in [0, 0.05) is 116 Å². The maximum Gasteiger partial charge on any atom is 0.227 e. The minimum atomic E-state index is 0.509. The lowest BCUT2D eigenvalue weighted by Crippen LogP contribution is -1.98. The van der Waals surface area contributed by atoms with Crippen molar-refractivity contribution in [3.05, 3.63) is 497 Å². The maximum atomic E-state index is 6.74. The average molecular weight is 1920 g/mol. The fraction of sp³-hybridized carbons (Fsp3) is 0. The number of hydrogen-bond donors (Lipinski definition) is 0. The Morgan fingerprint density at radius 2 is 0.453 bits per heavy atom. The Balaban J connectivity index is 0.498. The molecule has 0 saturated carbocycles. The van der Waals surface area contributed by atoms with Gasteiger partial charge >= 0.3 is 0 Å². The molecule has 0 amide bonds. The number of hydrogen-bond acceptors (Lipinski definition) is 12. The zero-order valence-corrected chi connectivity index (χ0v) is 80.4. The average Bonchev–Trinajstić information content (AvgIpc) is 1.57. The summed E-state index contributed by atoms with van der Waals surface area (Å²) in [5, 5.41) is 6.65. The van der Waals surface area contributed by atoms with Crippen molar-refractivity contribution in [1.82, 2.24) is 58.6 Å². The Bertz CT molecular complexity index is 10200. The van der Waals surface area contributed by atoms with Crippen LogP contribution in [0.2, 0.25) is 0 Å². The predicted octanol–water partition coefficient (Wildman–Crippen LogP) is 34.4. The van der Waals surface area contributed by atoms with E-state index in [0.29, 0.717) is 40.7 Å². The van der Waals surface area contributed by atoms with Gasteiger partial charge < -0.3 is 27.0 Å². The van der Waals surface area contributed by atoms with E-state index in [2.05, 4.69) is 390 Å². The SMILES string of the molecule is c1ccc(-c2cc(-c3ccccc3)nc(-c3ccc(-c4ccc(-n5c6cc(-c7nc8ccccc8o7)ccc6c6c(-c7ccc(-c8cc(-c9ccccc9)nc(-c9cccc(-n%10c%11ccccc%11c%11c(-c%12ccc(-c%13cc(-c%14ccccc%14)nc(-c%14cccc(-c%15ccc(-n%16c%17ccccc%17c%17ccc(-c%18nc%19ccccc%19o%18)cc%17%16)cc%15)c%14)n%13)cc%12)cc(-c%12nc%13ccccc%13o%12)cc%11%10)c9)n8)cc7)cccc65)cc4)cc3)n2)cc1. The highest BCUT2D eigenvalue weighted by atomic mass is 16.4. The van der Waals surface area contributed by atoms with E-state index in [1.54, 1.807) is 0 Å². The van der Waals surface area contributed by atoms with E-state index in [1.165, 1.54) is 5.39 Å². The molecule has 0 saturated heterocycles. The summed E-state index contributed by atoms with van der Waals surface area (Å²) in [6.45, 7) is 0. The highest BCUT2D eigenvalue weighted by Crippen LogP contribution is 2.48. The van der Waals surface area contributed by atoms with Gasteiger partial charge in [0.2, 0.25) is 17.7 Å². The molecule has 0 bridgehead atoms. The number of oxazole rings is 3. The summed E-state index contributed by atoms with van der Waals surface area (Å²) >= 11 is 0. The number of benzene rings is 20. The molecule has 15 heteroatoms. The molecule has 0 spiro atoms. The first-order chi connectivity index (χ1) is 74.2. The molecule has 150 heavy (non-hydrogen) atoms. The fourth-order valence-corrected chi connectivity index (χ4v) is 21.5. The van der Waals surface area contributed by atoms with Crippen molar-refractivity contribution in [2.45, 2.75) is 0 Å². The van der Waals surface area contributed by atoms with Crippen molar-refractivity contribution in [1.29, 1.82) is 0 Å². The molecular weight excluding hydrogens is 1840 g/mol. The second-order valence-corrected chi connectivity index (χ2v) is 37.9. The molecule has 29 aromatic rings. The Labute approximate surface area is 859 Å². The van der Waals surface area contributed by atoms with Crippen LogP contribution in [0.5, 0.6) is 0 Å². The topological polar surface area (TPSA) is 170 Å². The Hall–Kier alpha value is -20.6. The number of aromatic nitrogens is 12. The molecule has 0 atom stereocenters. The molecule has 0 radical (unpaired) electrons. The summed E-state index contributed by atoms with van der Waals surface area (Å²) in [5.74, 6) is 3.50. The molecule has 9 heterocycles. The largest absolute Gasteiger partial charge is 0.436 e. The molecule has 0 unspecified atom stereocenters. The van der Waals surface area contributed by atoms with Crippen LogP contribution in [0, 0.1) is 0 Å². The third kappa shape index (κ3) is 15.3. The molecule has 0 aliphatic carbocycles. The predicted molar refractivity (Wildman–Crippen MR) is 606 cm³/mol. The van der Waals surface area contributed by atoms with Crippen LogP contribution in [0.1, 0.15) is 0 Å². The van der Waals surface area contributed by atoms with Crippen LogP contribution in [-0.2, 0) is 0 Å². The van der Waals surface area contributed by atoms with Gasteiger partial charge in [-0.15, -0.1) is 0 Å². The first-order valence-electron chi connectivity index (χ1n) is 50.1. The molecule has 700 valence electrons. The summed E-state index contributed by atoms with van der Waals surface area (Å²) in [4.78, 5) is 47.2. The van der Waals surface area contributed by atoms with E-state index >= 15 is 0 Å². The van der Waals surface area contributed by atoms with E-state index in [0.717, 1.165) is 250 Å². The first kappa shape index (κ1) is 86.2. The molecular formula is C135H82N12O3. The second kappa shape index (κ2) is 35.8. The second-order valence-electron chi connectivity index (χ2n) is 37.9. The van der Waals surface area contributed by atoms with Gasteiger partial charge in [-0.2, -0.15) is 0 Å². The standard InChI is InChI=1S/C135H82N12O3/c1-5-26-88(27-6-1)113-80-114(89-28-7-2-8-29-89)137-130(136-113)94-60-50-83(51-61-94)84-62-68-102(69-63-84)146-121-46-25-40-104(128(121)108-73-67-99(78-123(108)146)134-143-111-42-16-21-48-126(111)149-134)86-52-56-92(57-53-86)118-82-116(91-32-11-4-12-33-91)139-132(141-118)97-36-24-37-103(75-97)147-120-45-19-14-39-107(120)129-109(76-100(79-124(129)147)135-144-112-43-17-22-49-127(112)150-135)87-54-58-93(59-55-87)117-81-115(90-30-9-3-10-31-90)138-131(140-117)96-35-23-34-95(74-96)85-64-70-101(71-65-85)145-119-44-18-13-38-105(119)106-72-66-98(77-122(106)145)133-142-110-41-15-20-47-125(110)148-133/h1-82H. The smallest absolute Gasteiger partial charge is 0.227 e. The van der Waals surface area contributed by atoms with Gasteiger partial charge in [-0.25, -0.2) is 44.9 Å². The number of fused-ring (bicyclic) bond motifs is 12. The lowest BCUT2D eigenvalue weighted by atomic mass is 9.95. The summed E-state index contributed by atoms with van der Waals surface area (Å²) in [7, 11) is 0. The monoisotopic (exact) mass is 1920 g/mol. The van der Waals surface area contributed by atoms with E-state index in [9.17, 15) is 0 Å². The highest BCUT2D eigenvalue weighted by molar-refractivity contribution is 6.19. The molecule has 20 aromatic carbocycles. The van der Waals surface area contributed by atoms with Gasteiger partial charge in [0.15, 0.2) is 34.2 Å². The molecule has 0 N–H and O–H groups in total. The third-order valence-electron chi connectivity index (χ3n) is 28.8. The summed E-state index contributed by atoms with van der Waals surface area (Å²) < 4.78 is 26.6. The summed E-state index contributed by atoms with van der Waals surface area (Å²) in [6.07, 6.45) is 0. The number of rotatable bonds is 19. The summed E-state index contributed by atoms with van der Waals surface area (Å²) in [5.41, 5.74) is 38.2. The van der Waals surface area contributed by atoms with E-state index in [4.69, 9.17) is 58.1 Å². The number of para-hydroxylation sites is 8. The van der Waals surface area contributed by atoms with Crippen molar-refractivity contribution in [2.75, 3.05) is 0 Å². The quantitative estimate of drug-likeness (QED) is 0.0752. The Morgan fingerprint density at radius 1 is 0.147 bits per heavy atom. The minimum Gasteiger partial charge on any atom is -0.436 e. The zero-order valence-electron chi connectivity index (χ0n) is 80.4. The normalized spacial score (nSPS) is 11.7. The van der Waals surface area contributed by atoms with Crippen LogP contribution in [0.15, 0.2) is 511 Å². The summed E-state index contributed by atoms with van der Waals surface area (Å²) in [6, 6.07) is 174. The third-order valence-corrected chi connectivity index (χ3v) is 28.8. The molecule has 0 aliphatic heterocycles. The molecule has 0 aliphatic rings. The highest BCUT2D eigenvalue weighted by Gasteiger charge is 2.27. The maximum absolute atomic E-state index is 6.74. The van der Waals surface area contributed by atoms with Gasteiger partial charge in [0.05, 0.1) is 67.3 Å². The van der Waals surface area contributed by atoms with Gasteiger partial charge in [-0.05, 0) is 196 Å². The van der Waals surface area contributed by atoms with E-state index < -0.39 is 0 Å². The van der Waals surface area contributed by atoms with E-state index in [1.807, 2.05) is 121 Å².